The molecule has 1 aromatic carbocycles. The Morgan fingerprint density at radius 1 is 1.43 bits per heavy atom. The van der Waals surface area contributed by atoms with Crippen molar-refractivity contribution in [1.29, 1.82) is 0 Å². The Bertz CT molecular complexity index is 698. The van der Waals surface area contributed by atoms with Gasteiger partial charge in [-0.15, -0.1) is 6.58 Å². The second-order valence-corrected chi connectivity index (χ2v) is 6.78. The van der Waals surface area contributed by atoms with E-state index in [9.17, 15) is 9.90 Å². The lowest BCUT2D eigenvalue weighted by molar-refractivity contribution is -0.122. The molecule has 1 aliphatic heterocycles. The Kier molecular flexibility index (Phi) is 6.07. The van der Waals surface area contributed by atoms with E-state index in [0.29, 0.717) is 28.9 Å². The van der Waals surface area contributed by atoms with Gasteiger partial charge in [-0.3, -0.25) is 14.7 Å². The standard InChI is InChI=1S/C17H19BrN2O2S/c1-4-7-12-8-11(9-13(18)15(12)21)10-14-16(22)20(6-3)17(23-14)19-5-2/h4,8-10,21H,1,5-7H2,2-3H3/b14-10-,19-17?. The lowest BCUT2D eigenvalue weighted by atomic mass is 10.1. The maximum atomic E-state index is 12.5. The first-order chi connectivity index (χ1) is 11.0. The molecule has 0 saturated carbocycles. The minimum absolute atomic E-state index is 0.0285. The van der Waals surface area contributed by atoms with Crippen LogP contribution >= 0.6 is 27.7 Å². The highest BCUT2D eigenvalue weighted by atomic mass is 79.9. The molecule has 4 nitrogen and oxygen atoms in total. The van der Waals surface area contributed by atoms with E-state index in [-0.39, 0.29) is 11.7 Å². The van der Waals surface area contributed by atoms with Gasteiger partial charge >= 0.3 is 0 Å². The summed E-state index contributed by atoms with van der Waals surface area (Å²) < 4.78 is 0.606. The number of carbonyl (C=O) groups is 1. The van der Waals surface area contributed by atoms with Crippen LogP contribution in [0, 0.1) is 0 Å². The Morgan fingerprint density at radius 2 is 2.17 bits per heavy atom. The minimum atomic E-state index is -0.0285. The van der Waals surface area contributed by atoms with Crippen molar-refractivity contribution in [2.24, 2.45) is 4.99 Å². The fraction of sp³-hybridized carbons (Fsp3) is 0.294. The Labute approximate surface area is 149 Å². The summed E-state index contributed by atoms with van der Waals surface area (Å²) in [5.74, 6) is 0.181. The zero-order valence-electron chi connectivity index (χ0n) is 13.2. The highest BCUT2D eigenvalue weighted by Gasteiger charge is 2.31. The van der Waals surface area contributed by atoms with Crippen LogP contribution in [-0.4, -0.2) is 34.2 Å². The van der Waals surface area contributed by atoms with Gasteiger partial charge < -0.3 is 5.11 Å². The monoisotopic (exact) mass is 394 g/mol. The van der Waals surface area contributed by atoms with Crippen molar-refractivity contribution in [3.8, 4) is 5.75 Å². The number of amidine groups is 1. The number of thioether (sulfide) groups is 1. The molecule has 122 valence electrons. The smallest absolute Gasteiger partial charge is 0.266 e. The number of benzene rings is 1. The number of phenols is 1. The Hall–Kier alpha value is -1.53. The molecule has 0 aromatic heterocycles. The van der Waals surface area contributed by atoms with Gasteiger partial charge in [0.05, 0.1) is 9.38 Å². The number of hydrogen-bond donors (Lipinski definition) is 1. The third-order valence-electron chi connectivity index (χ3n) is 3.32. The number of rotatable bonds is 5. The van der Waals surface area contributed by atoms with E-state index >= 15 is 0 Å². The maximum Gasteiger partial charge on any atom is 0.266 e. The van der Waals surface area contributed by atoms with E-state index in [2.05, 4.69) is 27.5 Å². The van der Waals surface area contributed by atoms with Crippen LogP contribution in [0.4, 0.5) is 0 Å². The number of amides is 1. The fourth-order valence-electron chi connectivity index (χ4n) is 2.27. The van der Waals surface area contributed by atoms with Gasteiger partial charge in [-0.05, 0) is 77.3 Å². The van der Waals surface area contributed by atoms with Crippen LogP contribution in [0.2, 0.25) is 0 Å². The largest absolute Gasteiger partial charge is 0.506 e. The van der Waals surface area contributed by atoms with E-state index in [1.165, 1.54) is 11.8 Å². The Balaban J connectivity index is 2.40. The second-order valence-electron chi connectivity index (χ2n) is 4.92. The fourth-order valence-corrected chi connectivity index (χ4v) is 3.89. The summed E-state index contributed by atoms with van der Waals surface area (Å²) in [6.45, 7) is 8.83. The molecule has 23 heavy (non-hydrogen) atoms. The molecule has 1 heterocycles. The molecule has 6 heteroatoms. The first-order valence-electron chi connectivity index (χ1n) is 7.39. The molecule has 1 aromatic rings. The Morgan fingerprint density at radius 3 is 2.78 bits per heavy atom. The van der Waals surface area contributed by atoms with Gasteiger partial charge in [-0.1, -0.05) is 6.08 Å². The van der Waals surface area contributed by atoms with Gasteiger partial charge in [-0.25, -0.2) is 0 Å². The van der Waals surface area contributed by atoms with Crippen LogP contribution in [0.5, 0.6) is 5.75 Å². The van der Waals surface area contributed by atoms with Crippen LogP contribution in [0.1, 0.15) is 25.0 Å². The summed E-state index contributed by atoms with van der Waals surface area (Å²) >= 11 is 4.74. The number of likely N-dealkylation sites (N-methyl/N-ethyl adjacent to an activating group) is 1. The molecule has 1 amide bonds. The molecule has 0 radical (unpaired) electrons. The lowest BCUT2D eigenvalue weighted by Crippen LogP contribution is -2.28. The molecular weight excluding hydrogens is 376 g/mol. The lowest BCUT2D eigenvalue weighted by Gasteiger charge is -2.11. The third kappa shape index (κ3) is 3.87. The van der Waals surface area contributed by atoms with Crippen molar-refractivity contribution >= 4 is 44.8 Å². The molecular formula is C17H19BrN2O2S. The number of carbonyl (C=O) groups excluding carboxylic acids is 1. The molecule has 2 rings (SSSR count). The summed E-state index contributed by atoms with van der Waals surface area (Å²) in [5.41, 5.74) is 1.63. The summed E-state index contributed by atoms with van der Waals surface area (Å²) in [6, 6.07) is 3.67. The molecule has 1 N–H and O–H groups in total. The number of aromatic hydroxyl groups is 1. The van der Waals surface area contributed by atoms with Crippen LogP contribution < -0.4 is 0 Å². The third-order valence-corrected chi connectivity index (χ3v) is 4.97. The normalized spacial score (nSPS) is 18.2. The highest BCUT2D eigenvalue weighted by Crippen LogP contribution is 2.35. The summed E-state index contributed by atoms with van der Waals surface area (Å²) in [6.07, 6.45) is 4.13. The predicted molar refractivity (Wildman–Crippen MR) is 101 cm³/mol. The SMILES string of the molecule is C=CCc1cc(/C=C2\SC(=NCC)N(CC)C2=O)cc(Br)c1O. The quantitative estimate of drug-likeness (QED) is 0.601. The van der Waals surface area contributed by atoms with E-state index in [1.54, 1.807) is 17.0 Å². The zero-order valence-corrected chi connectivity index (χ0v) is 15.6. The van der Waals surface area contributed by atoms with Crippen molar-refractivity contribution in [1.82, 2.24) is 4.90 Å². The van der Waals surface area contributed by atoms with Crippen LogP contribution in [-0.2, 0) is 11.2 Å². The summed E-state index contributed by atoms with van der Waals surface area (Å²) in [4.78, 5) is 19.2. The molecule has 0 spiro atoms. The van der Waals surface area contributed by atoms with E-state index < -0.39 is 0 Å². The van der Waals surface area contributed by atoms with Crippen molar-refractivity contribution in [2.75, 3.05) is 13.1 Å². The van der Waals surface area contributed by atoms with Crippen molar-refractivity contribution in [2.45, 2.75) is 20.3 Å². The van der Waals surface area contributed by atoms with Crippen molar-refractivity contribution in [3.63, 3.8) is 0 Å². The van der Waals surface area contributed by atoms with Gasteiger partial charge in [-0.2, -0.15) is 0 Å². The zero-order chi connectivity index (χ0) is 17.0. The molecule has 0 aliphatic carbocycles. The average molecular weight is 395 g/mol. The topological polar surface area (TPSA) is 52.9 Å². The number of allylic oxidation sites excluding steroid dienone is 1. The maximum absolute atomic E-state index is 12.5. The van der Waals surface area contributed by atoms with Gasteiger partial charge in [0, 0.05) is 13.1 Å². The van der Waals surface area contributed by atoms with Crippen LogP contribution in [0.3, 0.4) is 0 Å². The van der Waals surface area contributed by atoms with Gasteiger partial charge in [0.2, 0.25) is 0 Å². The van der Waals surface area contributed by atoms with E-state index in [4.69, 9.17) is 0 Å². The minimum Gasteiger partial charge on any atom is -0.506 e. The average Bonchev–Trinajstić information content (AvgIpc) is 2.80. The molecule has 0 bridgehead atoms. The molecule has 1 saturated heterocycles. The first-order valence-corrected chi connectivity index (χ1v) is 9.00. The van der Waals surface area contributed by atoms with Crippen molar-refractivity contribution < 1.29 is 9.90 Å². The summed E-state index contributed by atoms with van der Waals surface area (Å²) in [5, 5.41) is 10.8. The van der Waals surface area contributed by atoms with Gasteiger partial charge in [0.15, 0.2) is 5.17 Å². The molecule has 0 unspecified atom stereocenters. The van der Waals surface area contributed by atoms with E-state index in [0.717, 1.165) is 16.3 Å². The number of halogens is 1. The molecule has 1 fully saturated rings. The first kappa shape index (κ1) is 17.8. The predicted octanol–water partition coefficient (Wildman–Crippen LogP) is 4.20. The van der Waals surface area contributed by atoms with E-state index in [1.807, 2.05) is 26.0 Å². The number of hydrogen-bond acceptors (Lipinski definition) is 4. The second kappa shape index (κ2) is 7.84. The highest BCUT2D eigenvalue weighted by molar-refractivity contribution is 9.10. The number of phenolic OH excluding ortho intramolecular Hbond substituents is 1. The number of nitrogens with zero attached hydrogens (tertiary/aromatic N) is 2. The van der Waals surface area contributed by atoms with Crippen LogP contribution in [0.25, 0.3) is 6.08 Å². The van der Waals surface area contributed by atoms with Gasteiger partial charge in [0.1, 0.15) is 5.75 Å². The number of aliphatic imine (C=N–C) groups is 1. The molecule has 1 aliphatic rings. The van der Waals surface area contributed by atoms with Gasteiger partial charge in [0.25, 0.3) is 5.91 Å². The van der Waals surface area contributed by atoms with Crippen LogP contribution in [0.15, 0.2) is 39.2 Å². The van der Waals surface area contributed by atoms with Crippen molar-refractivity contribution in [3.05, 3.63) is 45.3 Å². The summed E-state index contributed by atoms with van der Waals surface area (Å²) in [7, 11) is 0. The molecule has 0 atom stereocenters.